The average molecular weight is 263 g/mol. The van der Waals surface area contributed by atoms with Crippen molar-refractivity contribution in [1.29, 1.82) is 0 Å². The Labute approximate surface area is 109 Å². The summed E-state index contributed by atoms with van der Waals surface area (Å²) < 4.78 is 4.35. The Morgan fingerprint density at radius 2 is 2.05 bits per heavy atom. The lowest BCUT2D eigenvalue weighted by Gasteiger charge is -2.08. The molecule has 0 fully saturated rings. The monoisotopic (exact) mass is 263 g/mol. The lowest BCUT2D eigenvalue weighted by Crippen LogP contribution is -2.39. The van der Waals surface area contributed by atoms with Gasteiger partial charge < -0.3 is 5.73 Å². The van der Waals surface area contributed by atoms with E-state index in [1.54, 1.807) is 4.68 Å². The number of rotatable bonds is 5. The van der Waals surface area contributed by atoms with E-state index in [0.29, 0.717) is 26.1 Å². The normalized spacial score (nSPS) is 10.8. The zero-order valence-electron chi connectivity index (χ0n) is 10.8. The van der Waals surface area contributed by atoms with Crippen LogP contribution < -0.4 is 17.0 Å². The molecule has 7 nitrogen and oxygen atoms in total. The van der Waals surface area contributed by atoms with Gasteiger partial charge in [-0.1, -0.05) is 0 Å². The van der Waals surface area contributed by atoms with Gasteiger partial charge in [0.1, 0.15) is 0 Å². The Morgan fingerprint density at radius 1 is 1.26 bits per heavy atom. The summed E-state index contributed by atoms with van der Waals surface area (Å²) in [6, 6.07) is 3.22. The van der Waals surface area contributed by atoms with Crippen LogP contribution in [0.1, 0.15) is 12.1 Å². The molecule has 0 unspecified atom stereocenters. The zero-order chi connectivity index (χ0) is 13.8. The molecule has 2 aromatic rings. The molecule has 0 bridgehead atoms. The smallest absolute Gasteiger partial charge is 0.330 e. The van der Waals surface area contributed by atoms with E-state index in [9.17, 15) is 9.59 Å². The first kappa shape index (κ1) is 13.3. The van der Waals surface area contributed by atoms with E-state index in [-0.39, 0.29) is 11.2 Å². The maximum atomic E-state index is 12.2. The predicted octanol–water partition coefficient (Wildman–Crippen LogP) is -0.859. The largest absolute Gasteiger partial charge is 0.331 e. The Balaban J connectivity index is 2.31. The molecule has 19 heavy (non-hydrogen) atoms. The van der Waals surface area contributed by atoms with Gasteiger partial charge in [0, 0.05) is 32.1 Å². The first-order valence-corrected chi connectivity index (χ1v) is 6.10. The highest BCUT2D eigenvalue weighted by molar-refractivity contribution is 5.00. The van der Waals surface area contributed by atoms with Crippen LogP contribution in [0, 0.1) is 0 Å². The molecule has 2 aromatic heterocycles. The number of nitrogens with two attached hydrogens (primary N) is 1. The SMILES string of the molecule is Cn1ccc(Cn2ccc(=O)n(CCCN)c2=O)n1. The predicted molar refractivity (Wildman–Crippen MR) is 70.9 cm³/mol. The van der Waals surface area contributed by atoms with Crippen LogP contribution >= 0.6 is 0 Å². The van der Waals surface area contributed by atoms with Gasteiger partial charge in [0.05, 0.1) is 12.2 Å². The van der Waals surface area contributed by atoms with E-state index >= 15 is 0 Å². The highest BCUT2D eigenvalue weighted by Crippen LogP contribution is 1.96. The molecule has 102 valence electrons. The minimum atomic E-state index is -0.327. The molecular formula is C12H17N5O2. The van der Waals surface area contributed by atoms with E-state index in [0.717, 1.165) is 5.69 Å². The number of aryl methyl sites for hydroxylation is 1. The Morgan fingerprint density at radius 3 is 2.68 bits per heavy atom. The van der Waals surface area contributed by atoms with Crippen molar-refractivity contribution in [3.05, 3.63) is 51.1 Å². The number of aromatic nitrogens is 4. The quantitative estimate of drug-likeness (QED) is 0.760. The van der Waals surface area contributed by atoms with Crippen LogP contribution in [0.3, 0.4) is 0 Å². The summed E-state index contributed by atoms with van der Waals surface area (Å²) in [4.78, 5) is 23.8. The van der Waals surface area contributed by atoms with E-state index in [1.165, 1.54) is 21.4 Å². The van der Waals surface area contributed by atoms with Crippen LogP contribution in [0.5, 0.6) is 0 Å². The first-order chi connectivity index (χ1) is 9.11. The van der Waals surface area contributed by atoms with E-state index in [2.05, 4.69) is 5.10 Å². The summed E-state index contributed by atoms with van der Waals surface area (Å²) in [5.41, 5.74) is 5.55. The standard InChI is InChI=1S/C12H17N5O2/c1-15-7-3-10(14-15)9-16-8-4-11(18)17(12(16)19)6-2-5-13/h3-4,7-8H,2,5-6,9,13H2,1H3. The summed E-state index contributed by atoms with van der Waals surface area (Å²) >= 11 is 0. The molecule has 0 radical (unpaired) electrons. The van der Waals surface area contributed by atoms with Gasteiger partial charge >= 0.3 is 5.69 Å². The number of hydrogen-bond donors (Lipinski definition) is 1. The molecule has 0 atom stereocenters. The number of nitrogens with zero attached hydrogens (tertiary/aromatic N) is 4. The zero-order valence-corrected chi connectivity index (χ0v) is 10.8. The average Bonchev–Trinajstić information content (AvgIpc) is 2.78. The van der Waals surface area contributed by atoms with Gasteiger partial charge in [-0.2, -0.15) is 5.10 Å². The maximum absolute atomic E-state index is 12.2. The van der Waals surface area contributed by atoms with Gasteiger partial charge in [0.25, 0.3) is 5.56 Å². The molecule has 7 heteroatoms. The summed E-state index contributed by atoms with van der Waals surface area (Å²) in [6.45, 7) is 1.14. The lowest BCUT2D eigenvalue weighted by molar-refractivity contribution is 0.550. The van der Waals surface area contributed by atoms with Crippen molar-refractivity contribution in [3.63, 3.8) is 0 Å². The molecule has 0 aliphatic rings. The van der Waals surface area contributed by atoms with Gasteiger partial charge in [-0.05, 0) is 19.0 Å². The second-order valence-electron chi connectivity index (χ2n) is 4.34. The molecule has 0 spiro atoms. The molecule has 0 aliphatic carbocycles. The van der Waals surface area contributed by atoms with Crippen LogP contribution in [0.4, 0.5) is 0 Å². The molecule has 0 saturated carbocycles. The van der Waals surface area contributed by atoms with Crippen molar-refractivity contribution in [2.45, 2.75) is 19.5 Å². The van der Waals surface area contributed by atoms with Crippen molar-refractivity contribution in [2.24, 2.45) is 12.8 Å². The summed E-state index contributed by atoms with van der Waals surface area (Å²) in [5.74, 6) is 0. The van der Waals surface area contributed by atoms with E-state index in [4.69, 9.17) is 5.73 Å². The van der Waals surface area contributed by atoms with Crippen molar-refractivity contribution in [3.8, 4) is 0 Å². The van der Waals surface area contributed by atoms with Crippen LogP contribution in [0.15, 0.2) is 34.1 Å². The van der Waals surface area contributed by atoms with Crippen molar-refractivity contribution < 1.29 is 0 Å². The maximum Gasteiger partial charge on any atom is 0.331 e. The topological polar surface area (TPSA) is 87.8 Å². The first-order valence-electron chi connectivity index (χ1n) is 6.10. The molecule has 2 N–H and O–H groups in total. The highest BCUT2D eigenvalue weighted by atomic mass is 16.2. The van der Waals surface area contributed by atoms with Crippen molar-refractivity contribution in [2.75, 3.05) is 6.54 Å². The molecule has 2 heterocycles. The third-order valence-electron chi connectivity index (χ3n) is 2.83. The summed E-state index contributed by atoms with van der Waals surface area (Å²) in [6.07, 6.45) is 3.91. The molecule has 0 saturated heterocycles. The van der Waals surface area contributed by atoms with Gasteiger partial charge in [-0.15, -0.1) is 0 Å². The van der Waals surface area contributed by atoms with Gasteiger partial charge in [-0.3, -0.25) is 18.6 Å². The highest BCUT2D eigenvalue weighted by Gasteiger charge is 2.06. The molecule has 0 aliphatic heterocycles. The summed E-state index contributed by atoms with van der Waals surface area (Å²) in [5, 5.41) is 4.21. The fourth-order valence-corrected chi connectivity index (χ4v) is 1.85. The Kier molecular flexibility index (Phi) is 3.96. The summed E-state index contributed by atoms with van der Waals surface area (Å²) in [7, 11) is 1.81. The van der Waals surface area contributed by atoms with Crippen LogP contribution in [-0.2, 0) is 20.1 Å². The van der Waals surface area contributed by atoms with Crippen molar-refractivity contribution >= 4 is 0 Å². The van der Waals surface area contributed by atoms with Crippen LogP contribution in [-0.4, -0.2) is 25.5 Å². The van der Waals surface area contributed by atoms with E-state index < -0.39 is 0 Å². The molecule has 0 amide bonds. The molecule has 0 aromatic carbocycles. The molecular weight excluding hydrogens is 246 g/mol. The second kappa shape index (κ2) is 5.66. The minimum absolute atomic E-state index is 0.296. The third kappa shape index (κ3) is 3.00. The Hall–Kier alpha value is -2.15. The minimum Gasteiger partial charge on any atom is -0.330 e. The Bertz CT molecular complexity index is 667. The van der Waals surface area contributed by atoms with E-state index in [1.807, 2.05) is 19.3 Å². The van der Waals surface area contributed by atoms with Gasteiger partial charge in [-0.25, -0.2) is 4.79 Å². The van der Waals surface area contributed by atoms with Gasteiger partial charge in [0.15, 0.2) is 0 Å². The fourth-order valence-electron chi connectivity index (χ4n) is 1.85. The van der Waals surface area contributed by atoms with Gasteiger partial charge in [0.2, 0.25) is 0 Å². The van der Waals surface area contributed by atoms with Crippen LogP contribution in [0.2, 0.25) is 0 Å². The van der Waals surface area contributed by atoms with Crippen molar-refractivity contribution in [1.82, 2.24) is 18.9 Å². The third-order valence-corrected chi connectivity index (χ3v) is 2.83. The molecule has 2 rings (SSSR count). The fraction of sp³-hybridized carbons (Fsp3) is 0.417. The van der Waals surface area contributed by atoms with Crippen LogP contribution in [0.25, 0.3) is 0 Å². The number of hydrogen-bond acceptors (Lipinski definition) is 4. The second-order valence-corrected chi connectivity index (χ2v) is 4.34. The lowest BCUT2D eigenvalue weighted by atomic mass is 10.4.